The van der Waals surface area contributed by atoms with E-state index in [1.165, 1.54) is 263 Å². The summed E-state index contributed by atoms with van der Waals surface area (Å²) in [5.41, 5.74) is 0. The molecule has 6 heteroatoms. The van der Waals surface area contributed by atoms with E-state index in [4.69, 9.17) is 4.74 Å². The third-order valence-electron chi connectivity index (χ3n) is 14.0. The van der Waals surface area contributed by atoms with E-state index < -0.39 is 12.1 Å². The van der Waals surface area contributed by atoms with E-state index in [1.807, 2.05) is 6.08 Å². The second-order valence-electron chi connectivity index (χ2n) is 20.7. The van der Waals surface area contributed by atoms with Gasteiger partial charge in [0.05, 0.1) is 25.4 Å². The van der Waals surface area contributed by atoms with Crippen molar-refractivity contribution in [3.8, 4) is 0 Å². The molecule has 1 amide bonds. The van der Waals surface area contributed by atoms with E-state index in [0.717, 1.165) is 38.5 Å². The van der Waals surface area contributed by atoms with Gasteiger partial charge in [-0.05, 0) is 57.8 Å². The lowest BCUT2D eigenvalue weighted by molar-refractivity contribution is -0.143. The Balaban J connectivity index is 3.38. The van der Waals surface area contributed by atoms with Gasteiger partial charge >= 0.3 is 5.97 Å². The Morgan fingerprint density at radius 1 is 0.403 bits per heavy atom. The molecule has 0 rings (SSSR count). The lowest BCUT2D eigenvalue weighted by atomic mass is 10.0. The van der Waals surface area contributed by atoms with Crippen molar-refractivity contribution in [1.29, 1.82) is 0 Å². The van der Waals surface area contributed by atoms with Gasteiger partial charge in [-0.15, -0.1) is 0 Å². The van der Waals surface area contributed by atoms with E-state index in [0.29, 0.717) is 19.4 Å². The summed E-state index contributed by atoms with van der Waals surface area (Å²) >= 11 is 0. The molecule has 2 unspecified atom stereocenters. The summed E-state index contributed by atoms with van der Waals surface area (Å²) in [4.78, 5) is 24.4. The molecule has 0 bridgehead atoms. The van der Waals surface area contributed by atoms with Gasteiger partial charge in [-0.1, -0.05) is 282 Å². The van der Waals surface area contributed by atoms with E-state index in [9.17, 15) is 19.8 Å². The summed E-state index contributed by atoms with van der Waals surface area (Å²) in [7, 11) is 0. The molecule has 0 aromatic rings. The predicted molar refractivity (Wildman–Crippen MR) is 292 cm³/mol. The minimum Gasteiger partial charge on any atom is -0.466 e. The molecule has 0 aromatic carbocycles. The van der Waals surface area contributed by atoms with Crippen LogP contribution in [0.3, 0.4) is 0 Å². The van der Waals surface area contributed by atoms with Gasteiger partial charge in [-0.3, -0.25) is 9.59 Å². The van der Waals surface area contributed by atoms with Crippen molar-refractivity contribution in [3.05, 3.63) is 24.3 Å². The Hall–Kier alpha value is -1.66. The number of nitrogens with one attached hydrogen (secondary N) is 1. The molecule has 396 valence electrons. The summed E-state index contributed by atoms with van der Waals surface area (Å²) in [6.45, 7) is 4.90. The van der Waals surface area contributed by atoms with Gasteiger partial charge in [-0.25, -0.2) is 0 Å². The zero-order valence-corrected chi connectivity index (χ0v) is 45.1. The fourth-order valence-corrected chi connectivity index (χ4v) is 9.34. The smallest absolute Gasteiger partial charge is 0.305 e. The summed E-state index contributed by atoms with van der Waals surface area (Å²) in [5.74, 6) is -0.0539. The molecular weight excluding hydrogens is 827 g/mol. The molecule has 0 heterocycles. The zero-order valence-electron chi connectivity index (χ0n) is 45.1. The topological polar surface area (TPSA) is 95.9 Å². The number of hydrogen-bond donors (Lipinski definition) is 3. The lowest BCUT2D eigenvalue weighted by Gasteiger charge is -2.20. The average molecular weight is 945 g/mol. The van der Waals surface area contributed by atoms with Crippen LogP contribution in [0.4, 0.5) is 0 Å². The lowest BCUT2D eigenvalue weighted by Crippen LogP contribution is -2.45. The SMILES string of the molecule is CCCCCCCCCCC/C=C/C(O)C(CO)NC(=O)CCCCCCCCCCCCC/C=C\CCCCCCCCCCCCCCOC(=O)CCCCCCCCCCCCCC. The number of rotatable bonds is 56. The molecule has 0 radical (unpaired) electrons. The van der Waals surface area contributed by atoms with Crippen molar-refractivity contribution in [3.63, 3.8) is 0 Å². The number of carbonyl (C=O) groups excluding carboxylic acids is 2. The van der Waals surface area contributed by atoms with Crippen LogP contribution in [-0.2, 0) is 14.3 Å². The zero-order chi connectivity index (χ0) is 48.6. The Bertz CT molecular complexity index is 1040. The van der Waals surface area contributed by atoms with Gasteiger partial charge in [0.1, 0.15) is 0 Å². The van der Waals surface area contributed by atoms with Crippen molar-refractivity contribution in [2.75, 3.05) is 13.2 Å². The normalized spacial score (nSPS) is 12.7. The van der Waals surface area contributed by atoms with Crippen LogP contribution in [0.5, 0.6) is 0 Å². The molecule has 0 aromatic heterocycles. The molecule has 6 nitrogen and oxygen atoms in total. The molecule has 67 heavy (non-hydrogen) atoms. The number of aliphatic hydroxyl groups excluding tert-OH is 2. The fraction of sp³-hybridized carbons (Fsp3) is 0.902. The highest BCUT2D eigenvalue weighted by atomic mass is 16.5. The number of carbonyl (C=O) groups is 2. The highest BCUT2D eigenvalue weighted by Crippen LogP contribution is 2.17. The number of hydrogen-bond acceptors (Lipinski definition) is 5. The molecule has 0 saturated carbocycles. The first-order valence-electron chi connectivity index (χ1n) is 30.1. The van der Waals surface area contributed by atoms with Crippen LogP contribution in [0.15, 0.2) is 24.3 Å². The maximum atomic E-state index is 12.4. The van der Waals surface area contributed by atoms with Gasteiger partial charge in [0, 0.05) is 12.8 Å². The van der Waals surface area contributed by atoms with Crippen LogP contribution < -0.4 is 5.32 Å². The highest BCUT2D eigenvalue weighted by molar-refractivity contribution is 5.76. The van der Waals surface area contributed by atoms with Gasteiger partial charge in [0.2, 0.25) is 5.91 Å². The first-order valence-corrected chi connectivity index (χ1v) is 30.1. The van der Waals surface area contributed by atoms with Crippen molar-refractivity contribution < 1.29 is 24.5 Å². The molecule has 0 aliphatic carbocycles. The quantitative estimate of drug-likeness (QED) is 0.0321. The molecule has 2 atom stereocenters. The average Bonchev–Trinajstić information content (AvgIpc) is 3.33. The number of ether oxygens (including phenoxy) is 1. The van der Waals surface area contributed by atoms with Crippen LogP contribution in [0.1, 0.15) is 328 Å². The third kappa shape index (κ3) is 53.5. The second-order valence-corrected chi connectivity index (χ2v) is 20.7. The monoisotopic (exact) mass is 944 g/mol. The first kappa shape index (κ1) is 65.3. The molecular formula is C61H117NO5. The van der Waals surface area contributed by atoms with Gasteiger partial charge in [0.25, 0.3) is 0 Å². The van der Waals surface area contributed by atoms with E-state index in [1.54, 1.807) is 6.08 Å². The van der Waals surface area contributed by atoms with E-state index in [-0.39, 0.29) is 18.5 Å². The van der Waals surface area contributed by atoms with Gasteiger partial charge in [-0.2, -0.15) is 0 Å². The molecule has 0 aliphatic rings. The van der Waals surface area contributed by atoms with Crippen LogP contribution in [-0.4, -0.2) is 47.4 Å². The van der Waals surface area contributed by atoms with Crippen molar-refractivity contribution in [1.82, 2.24) is 5.32 Å². The van der Waals surface area contributed by atoms with Crippen LogP contribution in [0.2, 0.25) is 0 Å². The number of amides is 1. The van der Waals surface area contributed by atoms with Crippen LogP contribution >= 0.6 is 0 Å². The summed E-state index contributed by atoms with van der Waals surface area (Å²) in [5, 5.41) is 23.0. The Kier molecular flexibility index (Phi) is 55.5. The minimum absolute atomic E-state index is 0.0154. The molecule has 3 N–H and O–H groups in total. The highest BCUT2D eigenvalue weighted by Gasteiger charge is 2.18. The molecule has 0 saturated heterocycles. The summed E-state index contributed by atoms with van der Waals surface area (Å²) < 4.78 is 5.47. The first-order chi connectivity index (χ1) is 33.0. The summed E-state index contributed by atoms with van der Waals surface area (Å²) in [6, 6.07) is -0.626. The Morgan fingerprint density at radius 3 is 1.06 bits per heavy atom. The molecule has 0 spiro atoms. The van der Waals surface area contributed by atoms with Crippen LogP contribution in [0, 0.1) is 0 Å². The molecule has 0 aliphatic heterocycles. The van der Waals surface area contributed by atoms with Gasteiger partial charge in [0.15, 0.2) is 0 Å². The minimum atomic E-state index is -0.843. The Labute approximate surface area is 418 Å². The second kappa shape index (κ2) is 56.9. The number of allylic oxidation sites excluding steroid dienone is 3. The largest absolute Gasteiger partial charge is 0.466 e. The predicted octanol–water partition coefficient (Wildman–Crippen LogP) is 18.6. The fourth-order valence-electron chi connectivity index (χ4n) is 9.34. The van der Waals surface area contributed by atoms with Gasteiger partial charge < -0.3 is 20.3 Å². The summed E-state index contributed by atoms with van der Waals surface area (Å²) in [6.07, 6.45) is 69.4. The third-order valence-corrected chi connectivity index (χ3v) is 14.0. The number of esters is 1. The van der Waals surface area contributed by atoms with Crippen molar-refractivity contribution in [2.45, 2.75) is 341 Å². The maximum Gasteiger partial charge on any atom is 0.305 e. The van der Waals surface area contributed by atoms with Crippen molar-refractivity contribution >= 4 is 11.9 Å². The Morgan fingerprint density at radius 2 is 0.701 bits per heavy atom. The van der Waals surface area contributed by atoms with Crippen molar-refractivity contribution in [2.24, 2.45) is 0 Å². The standard InChI is InChI=1S/C61H117NO5/c1-3-5-7-9-11-13-15-35-39-43-47-51-55-61(66)67-56-52-48-44-40-36-32-30-28-26-24-22-20-18-16-17-19-21-23-25-27-29-31-34-38-42-46-50-54-60(65)62-58(57-63)59(64)53-49-45-41-37-33-14-12-10-8-6-4-2/h16-17,49,53,58-59,63-64H,3-15,18-48,50-52,54-57H2,1-2H3,(H,62,65)/b17-16-,53-49+. The van der Waals surface area contributed by atoms with Crippen LogP contribution in [0.25, 0.3) is 0 Å². The number of unbranched alkanes of at least 4 members (excludes halogenated alkanes) is 43. The van der Waals surface area contributed by atoms with E-state index >= 15 is 0 Å². The number of aliphatic hydroxyl groups is 2. The maximum absolute atomic E-state index is 12.4. The molecule has 0 fully saturated rings. The van der Waals surface area contributed by atoms with E-state index in [2.05, 4.69) is 31.3 Å².